The van der Waals surface area contributed by atoms with Gasteiger partial charge in [0.15, 0.2) is 0 Å². The number of aliphatic hydroxyl groups is 3. The third kappa shape index (κ3) is 8.88. The van der Waals surface area contributed by atoms with E-state index in [-0.39, 0.29) is 17.6 Å². The zero-order valence-electron chi connectivity index (χ0n) is 31.8. The molecule has 0 aromatic carbocycles. The highest BCUT2D eigenvalue weighted by Gasteiger charge is 2.59. The SMILES string of the molecule is CC(C)CCC[C@@H](C)[C@H]1CC[C@H]2[C@@H]3CC=C4C[C@@H](OC(=O)NCCCCN=C(N)CS[C@@H]5O[C@H](C)[C@H](O)[C@H](O)[C@H]5O)CC[C@]4(C)[C@H]3CC[C@]12C. The minimum atomic E-state index is -1.25. The Balaban J connectivity index is 1.01. The van der Waals surface area contributed by atoms with E-state index in [4.69, 9.17) is 15.2 Å². The van der Waals surface area contributed by atoms with Gasteiger partial charge >= 0.3 is 6.09 Å². The smallest absolute Gasteiger partial charge is 0.407 e. The molecule has 6 N–H and O–H groups in total. The minimum absolute atomic E-state index is 0.0526. The van der Waals surface area contributed by atoms with E-state index in [9.17, 15) is 20.1 Å². The zero-order valence-corrected chi connectivity index (χ0v) is 32.6. The predicted octanol–water partition coefficient (Wildman–Crippen LogP) is 6.82. The number of hydrogen-bond donors (Lipinski definition) is 5. The van der Waals surface area contributed by atoms with E-state index in [1.54, 1.807) is 12.5 Å². The lowest BCUT2D eigenvalue weighted by molar-refractivity contribution is -0.192. The number of rotatable bonds is 14. The monoisotopic (exact) mass is 719 g/mol. The van der Waals surface area contributed by atoms with Gasteiger partial charge in [-0.15, -0.1) is 11.8 Å². The van der Waals surface area contributed by atoms with Crippen molar-refractivity contribution >= 4 is 23.7 Å². The van der Waals surface area contributed by atoms with E-state index in [1.165, 1.54) is 63.1 Å². The molecule has 50 heavy (non-hydrogen) atoms. The number of hydrogen-bond acceptors (Lipinski definition) is 8. The van der Waals surface area contributed by atoms with Gasteiger partial charge in [-0.2, -0.15) is 0 Å². The van der Waals surface area contributed by atoms with Crippen molar-refractivity contribution in [1.82, 2.24) is 5.32 Å². The number of aliphatic hydroxyl groups excluding tert-OH is 3. The molecule has 1 aliphatic heterocycles. The average molecular weight is 720 g/mol. The molecule has 0 aromatic rings. The molecule has 4 fully saturated rings. The number of ether oxygens (including phenoxy) is 2. The number of nitrogens with two attached hydrogens (primary N) is 1. The Morgan fingerprint density at radius 3 is 2.58 bits per heavy atom. The lowest BCUT2D eigenvalue weighted by atomic mass is 9.47. The number of carbonyl (C=O) groups excluding carboxylic acids is 1. The number of unbranched alkanes of at least 4 members (excludes halogenated alkanes) is 1. The second-order valence-corrected chi connectivity index (χ2v) is 18.6. The average Bonchev–Trinajstić information content (AvgIpc) is 3.43. The number of nitrogens with zero attached hydrogens (tertiary/aromatic N) is 1. The van der Waals surface area contributed by atoms with Crippen molar-refractivity contribution in [1.29, 1.82) is 0 Å². The van der Waals surface area contributed by atoms with Crippen LogP contribution in [0.5, 0.6) is 0 Å². The first-order valence-corrected chi connectivity index (χ1v) is 21.0. The number of amidine groups is 1. The number of fused-ring (bicyclic) bond motifs is 5. The van der Waals surface area contributed by atoms with E-state index in [2.05, 4.69) is 51.0 Å². The second kappa shape index (κ2) is 17.2. The number of amides is 1. The molecule has 1 amide bonds. The third-order valence-electron chi connectivity index (χ3n) is 13.9. The number of alkyl carbamates (subject to hydrolysis) is 1. The quantitative estimate of drug-likeness (QED) is 0.0569. The van der Waals surface area contributed by atoms with Crippen LogP contribution >= 0.6 is 11.8 Å². The molecule has 5 aliphatic rings. The summed E-state index contributed by atoms with van der Waals surface area (Å²) in [5, 5.41) is 32.9. The Morgan fingerprint density at radius 1 is 1.04 bits per heavy atom. The Morgan fingerprint density at radius 2 is 1.82 bits per heavy atom. The van der Waals surface area contributed by atoms with Crippen molar-refractivity contribution in [2.75, 3.05) is 18.8 Å². The molecule has 286 valence electrons. The summed E-state index contributed by atoms with van der Waals surface area (Å²) >= 11 is 1.25. The van der Waals surface area contributed by atoms with Gasteiger partial charge in [0.25, 0.3) is 0 Å². The molecule has 1 heterocycles. The Labute approximate surface area is 306 Å². The van der Waals surface area contributed by atoms with Crippen molar-refractivity contribution in [2.24, 2.45) is 57.1 Å². The van der Waals surface area contributed by atoms with Crippen molar-refractivity contribution in [2.45, 2.75) is 161 Å². The topological polar surface area (TPSA) is 147 Å². The van der Waals surface area contributed by atoms with Crippen LogP contribution < -0.4 is 11.1 Å². The molecule has 10 heteroatoms. The highest BCUT2D eigenvalue weighted by Crippen LogP contribution is 2.67. The summed E-state index contributed by atoms with van der Waals surface area (Å²) in [5.74, 6) is 5.72. The summed E-state index contributed by atoms with van der Waals surface area (Å²) in [6.45, 7) is 15.2. The van der Waals surface area contributed by atoms with Crippen LogP contribution in [-0.2, 0) is 9.47 Å². The molecule has 0 spiro atoms. The molecule has 13 atom stereocenters. The zero-order chi connectivity index (χ0) is 36.2. The molecule has 0 radical (unpaired) electrons. The van der Waals surface area contributed by atoms with Crippen LogP contribution in [0.1, 0.15) is 125 Å². The van der Waals surface area contributed by atoms with Crippen molar-refractivity contribution in [3.8, 4) is 0 Å². The van der Waals surface area contributed by atoms with Gasteiger partial charge in [-0.1, -0.05) is 65.5 Å². The lowest BCUT2D eigenvalue weighted by Crippen LogP contribution is -2.55. The molecule has 9 nitrogen and oxygen atoms in total. The molecular formula is C40H69N3O6S. The maximum Gasteiger partial charge on any atom is 0.407 e. The summed E-state index contributed by atoms with van der Waals surface area (Å²) in [7, 11) is 0. The van der Waals surface area contributed by atoms with Crippen LogP contribution in [0.15, 0.2) is 16.6 Å². The van der Waals surface area contributed by atoms with Gasteiger partial charge in [0.2, 0.25) is 0 Å². The van der Waals surface area contributed by atoms with Crippen LogP contribution in [0, 0.1) is 46.3 Å². The van der Waals surface area contributed by atoms with Gasteiger partial charge in [0.05, 0.1) is 11.9 Å². The van der Waals surface area contributed by atoms with Crippen LogP contribution in [0.4, 0.5) is 4.79 Å². The second-order valence-electron chi connectivity index (χ2n) is 17.6. The molecule has 1 saturated heterocycles. The van der Waals surface area contributed by atoms with Crippen LogP contribution in [0.25, 0.3) is 0 Å². The van der Waals surface area contributed by atoms with E-state index in [0.29, 0.717) is 30.1 Å². The Hall–Kier alpha value is -1.33. The van der Waals surface area contributed by atoms with Gasteiger partial charge in [0.1, 0.15) is 35.7 Å². The fraction of sp³-hybridized carbons (Fsp3) is 0.900. The number of nitrogens with one attached hydrogen (secondary N) is 1. The summed E-state index contributed by atoms with van der Waals surface area (Å²) in [4.78, 5) is 17.1. The van der Waals surface area contributed by atoms with Crippen LogP contribution in [0.3, 0.4) is 0 Å². The summed E-state index contributed by atoms with van der Waals surface area (Å²) in [6, 6.07) is 0. The van der Waals surface area contributed by atoms with E-state index in [0.717, 1.165) is 67.6 Å². The fourth-order valence-corrected chi connectivity index (χ4v) is 12.0. The van der Waals surface area contributed by atoms with Crippen molar-refractivity contribution in [3.05, 3.63) is 11.6 Å². The highest BCUT2D eigenvalue weighted by atomic mass is 32.2. The van der Waals surface area contributed by atoms with Gasteiger partial charge in [0, 0.05) is 19.5 Å². The largest absolute Gasteiger partial charge is 0.446 e. The first-order valence-electron chi connectivity index (χ1n) is 20.0. The van der Waals surface area contributed by atoms with E-state index in [1.807, 2.05) is 0 Å². The first-order chi connectivity index (χ1) is 23.7. The first kappa shape index (κ1) is 39.9. The van der Waals surface area contributed by atoms with Gasteiger partial charge in [-0.25, -0.2) is 4.79 Å². The van der Waals surface area contributed by atoms with E-state index >= 15 is 0 Å². The number of allylic oxidation sites excluding steroid dienone is 1. The van der Waals surface area contributed by atoms with Gasteiger partial charge < -0.3 is 35.8 Å². The normalized spacial score (nSPS) is 40.8. The molecule has 0 bridgehead atoms. The Bertz CT molecular complexity index is 1200. The predicted molar refractivity (Wildman–Crippen MR) is 202 cm³/mol. The molecule has 5 rings (SSSR count). The number of carbonyl (C=O) groups is 1. The molecular weight excluding hydrogens is 651 g/mol. The Kier molecular flexibility index (Phi) is 13.7. The van der Waals surface area contributed by atoms with E-state index < -0.39 is 29.9 Å². The van der Waals surface area contributed by atoms with Gasteiger partial charge in [-0.3, -0.25) is 4.99 Å². The maximum absolute atomic E-state index is 12.7. The lowest BCUT2D eigenvalue weighted by Gasteiger charge is -2.58. The summed E-state index contributed by atoms with van der Waals surface area (Å²) < 4.78 is 11.5. The molecule has 3 saturated carbocycles. The van der Waals surface area contributed by atoms with Crippen molar-refractivity contribution in [3.63, 3.8) is 0 Å². The summed E-state index contributed by atoms with van der Waals surface area (Å²) in [6.07, 6.45) is 13.4. The van der Waals surface area contributed by atoms with Crippen LogP contribution in [-0.4, -0.2) is 82.0 Å². The van der Waals surface area contributed by atoms with Gasteiger partial charge in [-0.05, 0) is 111 Å². The van der Waals surface area contributed by atoms with Crippen LogP contribution in [0.2, 0.25) is 0 Å². The molecule has 4 aliphatic carbocycles. The van der Waals surface area contributed by atoms with Crippen molar-refractivity contribution < 1.29 is 29.6 Å². The highest BCUT2D eigenvalue weighted by molar-refractivity contribution is 8.00. The third-order valence-corrected chi connectivity index (χ3v) is 15.1. The minimum Gasteiger partial charge on any atom is -0.446 e. The standard InChI is InChI=1S/C40H69N3O6S/c1-24(2)10-9-11-25(3)30-14-15-31-29-13-12-27-22-28(16-18-39(27,5)32(29)17-19-40(30,31)6)49-38(47)43-21-8-7-20-42-33(41)23-50-37-36(46)35(45)34(44)26(4)48-37/h12,24-26,28-32,34-37,44-46H,7-11,13-23H2,1-6H3,(H2,41,42)(H,43,47)/t25-,26-,28+,29+,30-,31+,32+,34+,35+,36-,37+,39+,40-/m1/s1. The summed E-state index contributed by atoms with van der Waals surface area (Å²) in [5.41, 5.74) is 7.65. The number of thioether (sulfide) groups is 1. The molecule has 0 aromatic heterocycles. The fourth-order valence-electron chi connectivity index (χ4n) is 11.0. The molecule has 0 unspecified atom stereocenters. The number of aliphatic imine (C=N–C) groups is 1. The maximum atomic E-state index is 12.7.